The number of thiophene rings is 1. The molecule has 1 aliphatic heterocycles. The van der Waals surface area contributed by atoms with Crippen LogP contribution < -0.4 is 18.9 Å². The predicted molar refractivity (Wildman–Crippen MR) is 57.6 cm³/mol. The molecular weight excluding hydrogens is 245 g/mol. The summed E-state index contributed by atoms with van der Waals surface area (Å²) in [6.45, 7) is 2.59. The van der Waals surface area contributed by atoms with Gasteiger partial charge in [-0.3, -0.25) is 0 Å². The van der Waals surface area contributed by atoms with Crippen molar-refractivity contribution in [3.8, 4) is 0 Å². The Balaban J connectivity index is 0.00000128. The molecule has 0 aromatic carbocycles. The van der Waals surface area contributed by atoms with Crippen molar-refractivity contribution in [3.05, 3.63) is 15.8 Å². The van der Waals surface area contributed by atoms with E-state index in [0.717, 1.165) is 5.56 Å². The molecule has 1 N–H and O–H groups in total. The van der Waals surface area contributed by atoms with Gasteiger partial charge in [-0.2, -0.15) is 0 Å². The number of nitrogens with zero attached hydrogens (tertiary/aromatic N) is 1. The average molecular weight is 255 g/mol. The molecule has 1 unspecified atom stereocenters. The molecule has 0 saturated heterocycles. The van der Waals surface area contributed by atoms with Crippen LogP contribution >= 0.6 is 11.3 Å². The monoisotopic (exact) mass is 255 g/mol. The van der Waals surface area contributed by atoms with Gasteiger partial charge in [-0.15, -0.1) is 11.3 Å². The van der Waals surface area contributed by atoms with Crippen LogP contribution in [0.15, 0.2) is 15.4 Å². The summed E-state index contributed by atoms with van der Waals surface area (Å²) < 4.78 is 25.5. The van der Waals surface area contributed by atoms with Crippen LogP contribution in [0.3, 0.4) is 0 Å². The minimum Gasteiger partial charge on any atom is -1.00 e. The van der Waals surface area contributed by atoms with E-state index in [4.69, 9.17) is 14.1 Å². The van der Waals surface area contributed by atoms with Crippen molar-refractivity contribution in [2.45, 2.75) is 11.8 Å². The second-order valence-electron chi connectivity index (χ2n) is 2.90. The Morgan fingerprint density at radius 1 is 1.62 bits per heavy atom. The molecular formula is C8H10LiNO4S2. The van der Waals surface area contributed by atoms with E-state index >= 15 is 0 Å². The van der Waals surface area contributed by atoms with Gasteiger partial charge >= 0.3 is 18.9 Å². The summed E-state index contributed by atoms with van der Waals surface area (Å²) in [6.07, 6.45) is 0. The van der Waals surface area contributed by atoms with E-state index in [2.05, 4.69) is 5.16 Å². The maximum absolute atomic E-state index is 11.1. The number of oxime groups is 1. The van der Waals surface area contributed by atoms with Gasteiger partial charge in [0.2, 0.25) is 0 Å². The molecule has 0 saturated carbocycles. The van der Waals surface area contributed by atoms with Crippen molar-refractivity contribution in [2.24, 2.45) is 5.16 Å². The summed E-state index contributed by atoms with van der Waals surface area (Å²) in [6, 6.07) is 0. The Hall–Kier alpha value is -0.323. The maximum Gasteiger partial charge on any atom is 1.00 e. The van der Waals surface area contributed by atoms with Crippen LogP contribution in [0.25, 0.3) is 0 Å². The van der Waals surface area contributed by atoms with Gasteiger partial charge in [0.05, 0.1) is 4.90 Å². The molecule has 2 rings (SSSR count). The average Bonchev–Trinajstić information content (AvgIpc) is 2.61. The van der Waals surface area contributed by atoms with Gasteiger partial charge in [0, 0.05) is 0 Å². The molecule has 0 radical (unpaired) electrons. The molecule has 0 spiro atoms. The molecule has 84 valence electrons. The SMILES string of the molecule is Cc1csc(C2=NOCCO2)c1S(=O)O.[H-].[Li+]. The second kappa shape index (κ2) is 5.84. The second-order valence-corrected chi connectivity index (χ2v) is 4.69. The van der Waals surface area contributed by atoms with E-state index in [1.807, 2.05) is 0 Å². The topological polar surface area (TPSA) is 68.1 Å². The van der Waals surface area contributed by atoms with Crippen LogP contribution in [-0.2, 0) is 20.7 Å². The van der Waals surface area contributed by atoms with Crippen molar-refractivity contribution in [1.29, 1.82) is 0 Å². The summed E-state index contributed by atoms with van der Waals surface area (Å²) >= 11 is -0.706. The largest absolute Gasteiger partial charge is 1.00 e. The third-order valence-corrected chi connectivity index (χ3v) is 3.94. The molecule has 1 aliphatic rings. The fourth-order valence-electron chi connectivity index (χ4n) is 1.21. The normalized spacial score (nSPS) is 16.5. The molecule has 5 nitrogen and oxygen atoms in total. The van der Waals surface area contributed by atoms with E-state index in [-0.39, 0.29) is 26.2 Å². The molecule has 1 atom stereocenters. The number of ether oxygens (including phenoxy) is 1. The van der Waals surface area contributed by atoms with Crippen LogP contribution in [0, 0.1) is 6.92 Å². The Morgan fingerprint density at radius 3 is 2.94 bits per heavy atom. The first-order chi connectivity index (χ1) is 7.20. The Labute approximate surface area is 113 Å². The minimum atomic E-state index is -2.03. The van der Waals surface area contributed by atoms with Crippen LogP contribution in [0.2, 0.25) is 0 Å². The van der Waals surface area contributed by atoms with E-state index < -0.39 is 11.1 Å². The molecule has 8 heteroatoms. The van der Waals surface area contributed by atoms with Gasteiger partial charge in [0.1, 0.15) is 11.5 Å². The smallest absolute Gasteiger partial charge is 1.00 e. The first-order valence-electron chi connectivity index (χ1n) is 4.22. The third-order valence-electron chi connectivity index (χ3n) is 1.85. The van der Waals surface area contributed by atoms with E-state index in [0.29, 0.717) is 23.0 Å². The number of hydrogen-bond donors (Lipinski definition) is 1. The van der Waals surface area contributed by atoms with Crippen molar-refractivity contribution in [1.82, 2.24) is 0 Å². The minimum absolute atomic E-state index is 0. The number of rotatable bonds is 2. The molecule has 0 aliphatic carbocycles. The first-order valence-corrected chi connectivity index (χ1v) is 6.21. The quantitative estimate of drug-likeness (QED) is 0.514. The van der Waals surface area contributed by atoms with Gasteiger partial charge in [-0.25, -0.2) is 4.21 Å². The molecule has 1 aromatic rings. The summed E-state index contributed by atoms with van der Waals surface area (Å²) in [7, 11) is 0. The summed E-state index contributed by atoms with van der Waals surface area (Å²) in [5.74, 6) is 0.289. The van der Waals surface area contributed by atoms with Gasteiger partial charge < -0.3 is 15.6 Å². The zero-order valence-electron chi connectivity index (χ0n) is 9.93. The van der Waals surface area contributed by atoms with E-state index in [9.17, 15) is 4.21 Å². The van der Waals surface area contributed by atoms with Crippen LogP contribution in [0.1, 0.15) is 11.9 Å². The van der Waals surface area contributed by atoms with Crippen molar-refractivity contribution >= 4 is 28.3 Å². The number of aryl methyl sites for hydroxylation is 1. The number of hydrogen-bond acceptors (Lipinski definition) is 5. The van der Waals surface area contributed by atoms with Gasteiger partial charge in [-0.1, -0.05) is 0 Å². The van der Waals surface area contributed by atoms with Crippen LogP contribution in [-0.4, -0.2) is 27.9 Å². The summed E-state index contributed by atoms with van der Waals surface area (Å²) in [5.41, 5.74) is 0.757. The maximum atomic E-state index is 11.1. The predicted octanol–water partition coefficient (Wildman–Crippen LogP) is -1.54. The van der Waals surface area contributed by atoms with Crippen molar-refractivity contribution < 1.29 is 38.6 Å². The van der Waals surface area contributed by atoms with Crippen LogP contribution in [0.5, 0.6) is 0 Å². The fraction of sp³-hybridized carbons (Fsp3) is 0.375. The molecule has 2 heterocycles. The van der Waals surface area contributed by atoms with E-state index in [1.54, 1.807) is 12.3 Å². The molecule has 16 heavy (non-hydrogen) atoms. The molecule has 1 aromatic heterocycles. The van der Waals surface area contributed by atoms with E-state index in [1.165, 1.54) is 11.3 Å². The third kappa shape index (κ3) is 2.67. The summed E-state index contributed by atoms with van der Waals surface area (Å²) in [5, 5.41) is 5.51. The van der Waals surface area contributed by atoms with Crippen molar-refractivity contribution in [3.63, 3.8) is 0 Å². The van der Waals surface area contributed by atoms with Crippen LogP contribution in [0.4, 0.5) is 0 Å². The summed E-state index contributed by atoms with van der Waals surface area (Å²) in [4.78, 5) is 5.78. The zero-order chi connectivity index (χ0) is 10.8. The van der Waals surface area contributed by atoms with Gasteiger partial charge in [0.15, 0.2) is 17.7 Å². The Morgan fingerprint density at radius 2 is 2.38 bits per heavy atom. The van der Waals surface area contributed by atoms with Gasteiger partial charge in [0.25, 0.3) is 5.90 Å². The molecule has 0 amide bonds. The Kier molecular flexibility index (Phi) is 5.02. The molecule has 0 fully saturated rings. The molecule has 0 bridgehead atoms. The fourth-order valence-corrected chi connectivity index (χ4v) is 3.10. The Bertz CT molecular complexity index is 437. The standard InChI is InChI=1S/C8H9NO4S2.Li.H/c1-5-4-14-6(7(5)15(10)11)8-9-13-3-2-12-8;;/h4H,2-3H2,1H3,(H,10,11);;/q;+1;-1. The first kappa shape index (κ1) is 13.7. The van der Waals surface area contributed by atoms with Gasteiger partial charge in [-0.05, 0) is 23.0 Å². The zero-order valence-corrected chi connectivity index (χ0v) is 10.6. The van der Waals surface area contributed by atoms with Crippen molar-refractivity contribution in [2.75, 3.05) is 13.2 Å².